The van der Waals surface area contributed by atoms with E-state index in [4.69, 9.17) is 23.2 Å². The van der Waals surface area contributed by atoms with Crippen LogP contribution in [-0.2, 0) is 13.0 Å². The molecule has 21 heavy (non-hydrogen) atoms. The van der Waals surface area contributed by atoms with E-state index in [0.717, 1.165) is 15.7 Å². The summed E-state index contributed by atoms with van der Waals surface area (Å²) in [7, 11) is 0. The number of rotatable bonds is 4. The number of hydrogen-bond donors (Lipinski definition) is 0. The molecule has 0 amide bonds. The highest BCUT2D eigenvalue weighted by Crippen LogP contribution is 2.25. The molecule has 7 heteroatoms. The number of halogens is 3. The Morgan fingerprint density at radius 2 is 2.19 bits per heavy atom. The Labute approximate surface area is 135 Å². The van der Waals surface area contributed by atoms with E-state index in [1.165, 1.54) is 6.07 Å². The van der Waals surface area contributed by atoms with Gasteiger partial charge in [0.05, 0.1) is 22.6 Å². The molecule has 0 atom stereocenters. The highest BCUT2D eigenvalue weighted by atomic mass is 35.5. The van der Waals surface area contributed by atoms with Crippen molar-refractivity contribution in [3.8, 4) is 0 Å². The summed E-state index contributed by atoms with van der Waals surface area (Å²) in [6.45, 7) is 2.56. The quantitative estimate of drug-likeness (QED) is 0.656. The molecule has 3 nitrogen and oxygen atoms in total. The monoisotopic (exact) mass is 343 g/mol. The number of benzene rings is 1. The third kappa shape index (κ3) is 2.91. The lowest BCUT2D eigenvalue weighted by molar-refractivity contribution is 0.628. The Kier molecular flexibility index (Phi) is 4.15. The Balaban J connectivity index is 2.12. The molecule has 2 heterocycles. The molecule has 0 aliphatic rings. The van der Waals surface area contributed by atoms with Gasteiger partial charge in [-0.25, -0.2) is 14.4 Å². The summed E-state index contributed by atoms with van der Waals surface area (Å²) in [6, 6.07) is 2.97. The molecule has 0 unspecified atom stereocenters. The van der Waals surface area contributed by atoms with Crippen LogP contribution < -0.4 is 0 Å². The van der Waals surface area contributed by atoms with E-state index in [1.54, 1.807) is 17.4 Å². The molecule has 0 spiro atoms. The molecule has 2 aromatic heterocycles. The van der Waals surface area contributed by atoms with E-state index >= 15 is 0 Å². The van der Waals surface area contributed by atoms with Gasteiger partial charge in [-0.3, -0.25) is 0 Å². The minimum Gasteiger partial charge on any atom is -0.321 e. The van der Waals surface area contributed by atoms with Crippen LogP contribution >= 0.6 is 34.5 Å². The predicted molar refractivity (Wildman–Crippen MR) is 85.1 cm³/mol. The van der Waals surface area contributed by atoms with Gasteiger partial charge in [-0.05, 0) is 13.0 Å². The van der Waals surface area contributed by atoms with E-state index in [9.17, 15) is 4.39 Å². The molecule has 0 N–H and O–H groups in total. The summed E-state index contributed by atoms with van der Waals surface area (Å²) in [6.07, 6.45) is 2.44. The van der Waals surface area contributed by atoms with Crippen molar-refractivity contribution in [2.75, 3.05) is 5.88 Å². The van der Waals surface area contributed by atoms with Crippen LogP contribution in [0.1, 0.15) is 15.7 Å². The average Bonchev–Trinajstić information content (AvgIpc) is 2.97. The first-order valence-corrected chi connectivity index (χ1v) is 8.13. The lowest BCUT2D eigenvalue weighted by Gasteiger charge is -2.06. The zero-order valence-corrected chi connectivity index (χ0v) is 13.6. The number of fused-ring (bicyclic) bond motifs is 1. The number of thiazole rings is 1. The van der Waals surface area contributed by atoms with Crippen LogP contribution in [0.5, 0.6) is 0 Å². The summed E-state index contributed by atoms with van der Waals surface area (Å²) < 4.78 is 15.7. The van der Waals surface area contributed by atoms with E-state index < -0.39 is 5.82 Å². The minimum absolute atomic E-state index is 0.0784. The van der Waals surface area contributed by atoms with Crippen LogP contribution in [0, 0.1) is 12.7 Å². The predicted octanol–water partition coefficient (Wildman–Crippen LogP) is 4.42. The van der Waals surface area contributed by atoms with Crippen molar-refractivity contribution in [1.29, 1.82) is 0 Å². The van der Waals surface area contributed by atoms with Crippen molar-refractivity contribution in [2.24, 2.45) is 0 Å². The second kappa shape index (κ2) is 5.91. The first-order chi connectivity index (χ1) is 10.1. The topological polar surface area (TPSA) is 30.7 Å². The van der Waals surface area contributed by atoms with Gasteiger partial charge < -0.3 is 4.57 Å². The van der Waals surface area contributed by atoms with Gasteiger partial charge in [0.1, 0.15) is 16.6 Å². The number of aryl methyl sites for hydroxylation is 2. The van der Waals surface area contributed by atoms with Crippen molar-refractivity contribution < 1.29 is 4.39 Å². The minimum atomic E-state index is -0.446. The van der Waals surface area contributed by atoms with E-state index in [0.29, 0.717) is 29.9 Å². The molecular formula is C14H12Cl2FN3S. The van der Waals surface area contributed by atoms with Crippen LogP contribution in [0.15, 0.2) is 18.3 Å². The molecule has 0 aliphatic heterocycles. The molecule has 3 aromatic rings. The van der Waals surface area contributed by atoms with Crippen molar-refractivity contribution in [1.82, 2.24) is 14.5 Å². The first-order valence-electron chi connectivity index (χ1n) is 6.40. The third-order valence-electron chi connectivity index (χ3n) is 3.15. The second-order valence-electron chi connectivity index (χ2n) is 4.67. The van der Waals surface area contributed by atoms with Crippen LogP contribution in [0.2, 0.25) is 5.02 Å². The van der Waals surface area contributed by atoms with Gasteiger partial charge in [-0.15, -0.1) is 22.9 Å². The fourth-order valence-corrected chi connectivity index (χ4v) is 3.33. The molecular weight excluding hydrogens is 332 g/mol. The van der Waals surface area contributed by atoms with Crippen molar-refractivity contribution >= 4 is 45.6 Å². The van der Waals surface area contributed by atoms with E-state index in [-0.39, 0.29) is 5.02 Å². The van der Waals surface area contributed by atoms with Gasteiger partial charge in [0, 0.05) is 29.4 Å². The zero-order chi connectivity index (χ0) is 15.0. The molecule has 0 fully saturated rings. The van der Waals surface area contributed by atoms with Gasteiger partial charge >= 0.3 is 0 Å². The van der Waals surface area contributed by atoms with Crippen LogP contribution in [0.3, 0.4) is 0 Å². The lowest BCUT2D eigenvalue weighted by Crippen LogP contribution is -2.05. The zero-order valence-electron chi connectivity index (χ0n) is 11.2. The fourth-order valence-electron chi connectivity index (χ4n) is 2.23. The lowest BCUT2D eigenvalue weighted by atomic mass is 10.3. The summed E-state index contributed by atoms with van der Waals surface area (Å²) in [5, 5.41) is 1.03. The van der Waals surface area contributed by atoms with Gasteiger partial charge in [0.25, 0.3) is 0 Å². The Bertz CT molecular complexity index is 797. The summed E-state index contributed by atoms with van der Waals surface area (Å²) in [5.41, 5.74) is 1.39. The number of alkyl halides is 1. The number of hydrogen-bond acceptors (Lipinski definition) is 3. The largest absolute Gasteiger partial charge is 0.321 e. The smallest absolute Gasteiger partial charge is 0.144 e. The Morgan fingerprint density at radius 1 is 1.38 bits per heavy atom. The fraction of sp³-hybridized carbons (Fsp3) is 0.286. The highest BCUT2D eigenvalue weighted by Gasteiger charge is 2.14. The normalized spacial score (nSPS) is 11.4. The maximum absolute atomic E-state index is 13.8. The maximum atomic E-state index is 13.8. The van der Waals surface area contributed by atoms with E-state index in [1.807, 2.05) is 17.7 Å². The average molecular weight is 344 g/mol. The number of imidazole rings is 1. The first kappa shape index (κ1) is 14.8. The Hall–Kier alpha value is -1.17. The number of aromatic nitrogens is 3. The summed E-state index contributed by atoms with van der Waals surface area (Å²) in [5.74, 6) is 0.823. The van der Waals surface area contributed by atoms with E-state index in [2.05, 4.69) is 9.97 Å². The van der Waals surface area contributed by atoms with Gasteiger partial charge in [-0.1, -0.05) is 11.6 Å². The van der Waals surface area contributed by atoms with Gasteiger partial charge in [0.15, 0.2) is 0 Å². The van der Waals surface area contributed by atoms with Gasteiger partial charge in [-0.2, -0.15) is 0 Å². The standard InChI is InChI=1S/C14H12Cl2FN3S/c1-8-6-18-14(21-8)7-20-12-5-10(17)9(16)4-11(12)19-13(20)2-3-15/h4-6H,2-3,7H2,1H3. The molecule has 0 saturated heterocycles. The van der Waals surface area contributed by atoms with Crippen molar-refractivity contribution in [3.63, 3.8) is 0 Å². The molecule has 0 radical (unpaired) electrons. The second-order valence-corrected chi connectivity index (χ2v) is 6.78. The molecule has 1 aromatic carbocycles. The van der Waals surface area contributed by atoms with Gasteiger partial charge in [0.2, 0.25) is 0 Å². The van der Waals surface area contributed by atoms with Crippen molar-refractivity contribution in [3.05, 3.63) is 44.9 Å². The SMILES string of the molecule is Cc1cnc(Cn2c(CCCl)nc3cc(Cl)c(F)cc32)s1. The third-order valence-corrected chi connectivity index (χ3v) is 4.53. The molecule has 0 saturated carbocycles. The van der Waals surface area contributed by atoms with Crippen LogP contribution in [-0.4, -0.2) is 20.4 Å². The van der Waals surface area contributed by atoms with Crippen LogP contribution in [0.4, 0.5) is 4.39 Å². The summed E-state index contributed by atoms with van der Waals surface area (Å²) in [4.78, 5) is 10.0. The molecule has 0 aliphatic carbocycles. The molecule has 3 rings (SSSR count). The molecule has 0 bridgehead atoms. The van der Waals surface area contributed by atoms with Crippen molar-refractivity contribution in [2.45, 2.75) is 19.9 Å². The number of nitrogens with zero attached hydrogens (tertiary/aromatic N) is 3. The molecule has 110 valence electrons. The maximum Gasteiger partial charge on any atom is 0.144 e. The Morgan fingerprint density at radius 3 is 2.86 bits per heavy atom. The highest BCUT2D eigenvalue weighted by molar-refractivity contribution is 7.11. The summed E-state index contributed by atoms with van der Waals surface area (Å²) >= 11 is 13.3. The van der Waals surface area contributed by atoms with Crippen LogP contribution in [0.25, 0.3) is 11.0 Å².